The Hall–Kier alpha value is -0.860. The van der Waals surface area contributed by atoms with Gasteiger partial charge in [0.25, 0.3) is 0 Å². The van der Waals surface area contributed by atoms with Crippen molar-refractivity contribution in [1.29, 1.82) is 0 Å². The SMILES string of the molecule is CC1(C(=O)N2CCCCC2C2CCCC2=O)CCCCC1. The van der Waals surface area contributed by atoms with Crippen LogP contribution in [0, 0.1) is 11.3 Å². The molecule has 2 atom stereocenters. The molecule has 1 aliphatic heterocycles. The minimum absolute atomic E-state index is 0.140. The first kappa shape index (κ1) is 15.1. The average Bonchev–Trinajstić information content (AvgIpc) is 2.93. The van der Waals surface area contributed by atoms with Crippen molar-refractivity contribution in [3.63, 3.8) is 0 Å². The summed E-state index contributed by atoms with van der Waals surface area (Å²) in [5.74, 6) is 0.904. The highest BCUT2D eigenvalue weighted by molar-refractivity contribution is 5.86. The summed E-state index contributed by atoms with van der Waals surface area (Å²) in [7, 11) is 0. The number of hydrogen-bond donors (Lipinski definition) is 0. The lowest BCUT2D eigenvalue weighted by molar-refractivity contribution is -0.149. The molecule has 0 aromatic carbocycles. The number of nitrogens with zero attached hydrogens (tertiary/aromatic N) is 1. The van der Waals surface area contributed by atoms with Gasteiger partial charge < -0.3 is 4.90 Å². The van der Waals surface area contributed by atoms with Gasteiger partial charge in [-0.25, -0.2) is 0 Å². The fraction of sp³-hybridized carbons (Fsp3) is 0.889. The molecule has 2 aliphatic carbocycles. The minimum Gasteiger partial charge on any atom is -0.339 e. The van der Waals surface area contributed by atoms with Crippen LogP contribution in [0.1, 0.15) is 77.6 Å². The van der Waals surface area contributed by atoms with Gasteiger partial charge in [0.2, 0.25) is 5.91 Å². The molecular formula is C18H29NO2. The average molecular weight is 291 g/mol. The molecule has 1 amide bonds. The number of carbonyl (C=O) groups excluding carboxylic acids is 2. The first-order valence-electron chi connectivity index (χ1n) is 8.96. The van der Waals surface area contributed by atoms with Crippen molar-refractivity contribution in [1.82, 2.24) is 4.90 Å². The van der Waals surface area contributed by atoms with E-state index in [-0.39, 0.29) is 17.4 Å². The number of ketones is 1. The number of Topliss-reactive ketones (excluding diaryl/α,β-unsaturated/α-hetero) is 1. The number of hydrogen-bond acceptors (Lipinski definition) is 2. The molecule has 0 radical (unpaired) electrons. The molecule has 3 nitrogen and oxygen atoms in total. The molecule has 0 aromatic heterocycles. The molecule has 0 aromatic rings. The summed E-state index contributed by atoms with van der Waals surface area (Å²) in [5, 5.41) is 0. The molecule has 3 aliphatic rings. The Kier molecular flexibility index (Phi) is 4.37. The second-order valence-electron chi connectivity index (χ2n) is 7.65. The van der Waals surface area contributed by atoms with Crippen LogP contribution in [-0.2, 0) is 9.59 Å². The van der Waals surface area contributed by atoms with E-state index < -0.39 is 0 Å². The molecular weight excluding hydrogens is 262 g/mol. The van der Waals surface area contributed by atoms with Gasteiger partial charge in [0.05, 0.1) is 0 Å². The summed E-state index contributed by atoms with van der Waals surface area (Å²) in [5.41, 5.74) is -0.157. The van der Waals surface area contributed by atoms with Gasteiger partial charge in [0.15, 0.2) is 0 Å². The summed E-state index contributed by atoms with van der Waals surface area (Å²) >= 11 is 0. The number of likely N-dealkylation sites (tertiary alicyclic amines) is 1. The van der Waals surface area contributed by atoms with Crippen LogP contribution in [0.15, 0.2) is 0 Å². The molecule has 1 saturated heterocycles. The maximum atomic E-state index is 13.2. The Morgan fingerprint density at radius 2 is 1.81 bits per heavy atom. The summed E-state index contributed by atoms with van der Waals surface area (Å²) < 4.78 is 0. The molecule has 118 valence electrons. The Balaban J connectivity index is 1.77. The van der Waals surface area contributed by atoms with E-state index in [1.54, 1.807) is 0 Å². The highest BCUT2D eigenvalue weighted by Crippen LogP contribution is 2.41. The van der Waals surface area contributed by atoms with Crippen LogP contribution in [0.4, 0.5) is 0 Å². The smallest absolute Gasteiger partial charge is 0.228 e. The molecule has 0 spiro atoms. The first-order chi connectivity index (χ1) is 10.1. The van der Waals surface area contributed by atoms with Crippen LogP contribution in [0.25, 0.3) is 0 Å². The fourth-order valence-electron chi connectivity index (χ4n) is 4.77. The third kappa shape index (κ3) is 2.89. The normalized spacial score (nSPS) is 33.2. The van der Waals surface area contributed by atoms with Gasteiger partial charge in [-0.2, -0.15) is 0 Å². The van der Waals surface area contributed by atoms with E-state index in [4.69, 9.17) is 0 Å². The van der Waals surface area contributed by atoms with Crippen molar-refractivity contribution < 1.29 is 9.59 Å². The second-order valence-corrected chi connectivity index (χ2v) is 7.65. The van der Waals surface area contributed by atoms with E-state index in [1.807, 2.05) is 0 Å². The summed E-state index contributed by atoms with van der Waals surface area (Å²) in [4.78, 5) is 27.5. The van der Waals surface area contributed by atoms with Gasteiger partial charge in [0.1, 0.15) is 5.78 Å². The van der Waals surface area contributed by atoms with Crippen molar-refractivity contribution in [2.75, 3.05) is 6.54 Å². The van der Waals surface area contributed by atoms with Crippen molar-refractivity contribution in [2.24, 2.45) is 11.3 Å². The van der Waals surface area contributed by atoms with Crippen LogP contribution in [0.3, 0.4) is 0 Å². The standard InChI is InChI=1S/C18H29NO2/c1-18(11-4-2-5-12-18)17(21)19-13-6-3-9-15(19)14-8-7-10-16(14)20/h14-15H,2-13H2,1H3. The van der Waals surface area contributed by atoms with Crippen LogP contribution in [0.2, 0.25) is 0 Å². The zero-order chi connectivity index (χ0) is 14.9. The van der Waals surface area contributed by atoms with Crippen molar-refractivity contribution in [3.8, 4) is 0 Å². The predicted octanol–water partition coefficient (Wildman–Crippen LogP) is 3.71. The maximum absolute atomic E-state index is 13.2. The first-order valence-corrected chi connectivity index (χ1v) is 8.96. The zero-order valence-corrected chi connectivity index (χ0v) is 13.4. The lowest BCUT2D eigenvalue weighted by Gasteiger charge is -2.44. The van der Waals surface area contributed by atoms with E-state index in [9.17, 15) is 9.59 Å². The molecule has 0 N–H and O–H groups in total. The summed E-state index contributed by atoms with van der Waals surface area (Å²) in [6, 6.07) is 0.208. The molecule has 3 rings (SSSR count). The fourth-order valence-corrected chi connectivity index (χ4v) is 4.77. The monoisotopic (exact) mass is 291 g/mol. The van der Waals surface area contributed by atoms with Gasteiger partial charge in [-0.05, 0) is 44.9 Å². The highest BCUT2D eigenvalue weighted by Gasteiger charge is 2.44. The Morgan fingerprint density at radius 3 is 2.48 bits per heavy atom. The lowest BCUT2D eigenvalue weighted by Crippen LogP contribution is -2.53. The van der Waals surface area contributed by atoms with E-state index in [0.29, 0.717) is 11.7 Å². The third-order valence-corrected chi connectivity index (χ3v) is 6.10. The zero-order valence-electron chi connectivity index (χ0n) is 13.4. The number of amides is 1. The number of rotatable bonds is 2. The number of carbonyl (C=O) groups is 2. The highest BCUT2D eigenvalue weighted by atomic mass is 16.2. The topological polar surface area (TPSA) is 37.4 Å². The van der Waals surface area contributed by atoms with Crippen molar-refractivity contribution in [2.45, 2.75) is 83.6 Å². The molecule has 2 saturated carbocycles. The Morgan fingerprint density at radius 1 is 1.05 bits per heavy atom. The van der Waals surface area contributed by atoms with Crippen LogP contribution >= 0.6 is 0 Å². The van der Waals surface area contributed by atoms with E-state index >= 15 is 0 Å². The molecule has 0 bridgehead atoms. The second kappa shape index (κ2) is 6.10. The maximum Gasteiger partial charge on any atom is 0.228 e. The molecule has 1 heterocycles. The van der Waals surface area contributed by atoms with Crippen molar-refractivity contribution >= 4 is 11.7 Å². The van der Waals surface area contributed by atoms with Crippen LogP contribution < -0.4 is 0 Å². The minimum atomic E-state index is -0.157. The van der Waals surface area contributed by atoms with Gasteiger partial charge >= 0.3 is 0 Å². The van der Waals surface area contributed by atoms with E-state index in [0.717, 1.165) is 51.5 Å². The van der Waals surface area contributed by atoms with Crippen LogP contribution in [-0.4, -0.2) is 29.2 Å². The third-order valence-electron chi connectivity index (χ3n) is 6.10. The van der Waals surface area contributed by atoms with Crippen LogP contribution in [0.5, 0.6) is 0 Å². The lowest BCUT2D eigenvalue weighted by atomic mass is 9.73. The summed E-state index contributed by atoms with van der Waals surface area (Å²) in [6.45, 7) is 3.04. The van der Waals surface area contributed by atoms with Gasteiger partial charge in [-0.1, -0.05) is 26.2 Å². The van der Waals surface area contributed by atoms with E-state index in [2.05, 4.69) is 11.8 Å². The number of piperidine rings is 1. The Bertz CT molecular complexity index is 411. The quantitative estimate of drug-likeness (QED) is 0.778. The van der Waals surface area contributed by atoms with Gasteiger partial charge in [0, 0.05) is 30.3 Å². The summed E-state index contributed by atoms with van der Waals surface area (Å²) in [6.07, 6.45) is 11.8. The molecule has 3 fully saturated rings. The van der Waals surface area contributed by atoms with Gasteiger partial charge in [-0.3, -0.25) is 9.59 Å². The largest absolute Gasteiger partial charge is 0.339 e. The molecule has 2 unspecified atom stereocenters. The Labute approximate surface area is 128 Å². The molecule has 21 heavy (non-hydrogen) atoms. The van der Waals surface area contributed by atoms with Gasteiger partial charge in [-0.15, -0.1) is 0 Å². The van der Waals surface area contributed by atoms with E-state index in [1.165, 1.54) is 25.7 Å². The van der Waals surface area contributed by atoms with Crippen molar-refractivity contribution in [3.05, 3.63) is 0 Å². The molecule has 3 heteroatoms. The predicted molar refractivity (Wildman–Crippen MR) is 82.9 cm³/mol.